The van der Waals surface area contributed by atoms with Crippen molar-refractivity contribution in [1.82, 2.24) is 28.7 Å². The monoisotopic (exact) mass is 1550 g/mol. The molecule has 1 atom stereocenters. The fourth-order valence-electron chi connectivity index (χ4n) is 9.73. The Morgan fingerprint density at radius 3 is 1.80 bits per heavy atom. The Labute approximate surface area is 686 Å². The topological polar surface area (TPSA) is 110 Å². The molecule has 2 amide bonds. The zero-order valence-electron chi connectivity index (χ0n) is 104. The van der Waals surface area contributed by atoms with E-state index in [1.807, 2.05) is 0 Å². The molecule has 4 heterocycles. The molecule has 10 aromatic rings. The van der Waals surface area contributed by atoms with Crippen LogP contribution >= 0.6 is 23.5 Å². The van der Waals surface area contributed by atoms with Crippen LogP contribution in [0, 0.1) is 30.2 Å². The molecule has 1 unspecified atom stereocenters. The van der Waals surface area contributed by atoms with Crippen molar-refractivity contribution < 1.29 is 132 Å². The summed E-state index contributed by atoms with van der Waals surface area (Å²) in [6.07, 6.45) is -29.7. The number of carbonyl (C=O) groups is 2. The van der Waals surface area contributed by atoms with E-state index in [9.17, 15) is 66.9 Å². The predicted octanol–water partition coefficient (Wildman–Crippen LogP) is 17.7. The van der Waals surface area contributed by atoms with E-state index in [1.165, 1.54) is 48.5 Å². The Kier molecular flexibility index (Phi) is 12.0. The van der Waals surface area contributed by atoms with Crippen LogP contribution < -0.4 is 10.9 Å². The predicted molar refractivity (Wildman–Crippen MR) is 395 cm³/mol. The highest BCUT2D eigenvalue weighted by molar-refractivity contribution is 7.98. The molecule has 0 radical (unpaired) electrons. The van der Waals surface area contributed by atoms with Crippen molar-refractivity contribution in [1.29, 1.82) is 0 Å². The maximum absolute atomic E-state index is 15.9. The van der Waals surface area contributed by atoms with Crippen LogP contribution in [0.25, 0.3) is 44.1 Å². The number of hydrogen-bond acceptors (Lipinski definition) is 10. The van der Waals surface area contributed by atoms with Gasteiger partial charge in [0.25, 0.3) is 0 Å². The molecule has 2 aliphatic rings. The van der Waals surface area contributed by atoms with Crippen molar-refractivity contribution in [3.05, 3.63) is 270 Å². The summed E-state index contributed by atoms with van der Waals surface area (Å²) in [5.74, 6) is -12.4. The quantitative estimate of drug-likeness (QED) is 0.0428. The van der Waals surface area contributed by atoms with Crippen LogP contribution in [0.1, 0.15) is 146 Å². The zero-order chi connectivity index (χ0) is 120. The molecule has 106 heavy (non-hydrogen) atoms. The van der Waals surface area contributed by atoms with E-state index in [4.69, 9.17) is 50.7 Å². The molecule has 0 spiro atoms. The molecule has 0 saturated carbocycles. The van der Waals surface area contributed by atoms with Gasteiger partial charge in [-0.05, 0) is 133 Å². The zero-order valence-corrected chi connectivity index (χ0v) is 55.4. The Morgan fingerprint density at radius 2 is 1.17 bits per heavy atom. The Balaban J connectivity index is 0.000000300. The molecular formula is C82H80F10N6O6S2. The summed E-state index contributed by atoms with van der Waals surface area (Å²) in [5.41, 5.74) is -13.6. The molecule has 12 nitrogen and oxygen atoms in total. The number of methoxy groups -OCH3 is 2. The van der Waals surface area contributed by atoms with Crippen LogP contribution in [-0.2, 0) is 62.5 Å². The van der Waals surface area contributed by atoms with Crippen LogP contribution in [0.5, 0.6) is 0 Å². The largest absolute Gasteiger partial charge is 0.416 e. The summed E-state index contributed by atoms with van der Waals surface area (Å²) >= 11 is 0.581. The van der Waals surface area contributed by atoms with Gasteiger partial charge in [0.2, 0.25) is 11.8 Å². The number of benzene rings is 8. The number of fused-ring (bicyclic) bond motifs is 2. The van der Waals surface area contributed by atoms with Gasteiger partial charge in [-0.3, -0.25) is 19.2 Å². The fraction of sp³-hybridized carbons (Fsp3) is 0.317. The van der Waals surface area contributed by atoms with Gasteiger partial charge in [-0.25, -0.2) is 17.6 Å². The Bertz CT molecular complexity index is 7370. The molecule has 0 N–H and O–H groups in total. The molecule has 2 aliphatic heterocycles. The minimum atomic E-state index is -5.62. The van der Waals surface area contributed by atoms with Gasteiger partial charge in [-0.15, -0.1) is 23.5 Å². The normalized spacial score (nSPS) is 26.9. The highest BCUT2D eigenvalue weighted by Gasteiger charge is 2.35. The number of hydrogen-bond donors (Lipinski definition) is 0. The summed E-state index contributed by atoms with van der Waals surface area (Å²) < 4.78 is 586. The number of aromatic nitrogens is 2. The van der Waals surface area contributed by atoms with Crippen molar-refractivity contribution in [2.75, 3.05) is 66.2 Å². The lowest BCUT2D eigenvalue weighted by Crippen LogP contribution is -2.49. The number of carbonyl (C=O) groups excluding carboxylic acids is 2. The molecule has 0 aliphatic carbocycles. The van der Waals surface area contributed by atoms with Gasteiger partial charge in [0.1, 0.15) is 13.1 Å². The van der Waals surface area contributed by atoms with Crippen LogP contribution in [0.2, 0.25) is 0 Å². The van der Waals surface area contributed by atoms with Crippen molar-refractivity contribution in [2.24, 2.45) is 0 Å². The molecule has 2 saturated heterocycles. The third-order valence-corrected chi connectivity index (χ3v) is 16.9. The Morgan fingerprint density at radius 1 is 0.604 bits per heavy atom. The summed E-state index contributed by atoms with van der Waals surface area (Å²) in [6, 6.07) is -17.9. The van der Waals surface area contributed by atoms with Crippen LogP contribution in [0.15, 0.2) is 207 Å². The summed E-state index contributed by atoms with van der Waals surface area (Å²) in [5, 5.41) is -2.52. The average molecular weight is 1550 g/mol. The molecular weight excluding hydrogens is 1420 g/mol. The van der Waals surface area contributed by atoms with Gasteiger partial charge in [0.05, 0.1) is 92.5 Å². The number of thioether (sulfide) groups is 2. The summed E-state index contributed by atoms with van der Waals surface area (Å²) in [7, 11) is -7.85. The van der Waals surface area contributed by atoms with Gasteiger partial charge in [-0.2, -0.15) is 26.3 Å². The number of rotatable bonds is 24. The van der Waals surface area contributed by atoms with Crippen molar-refractivity contribution in [3.8, 4) is 22.3 Å². The summed E-state index contributed by atoms with van der Waals surface area (Å²) in [6.45, 7) is -43.9. The number of ether oxygens (including phenoxy) is 2. The standard InChI is InChI=1S/2C41H40F5N3O3S/c1-27(28-10-12-29(13-11-28)30-14-16-32(17-15-30)41(44,45)46)49(33-18-20-47(21-19-33)22-23-52-2)38(51)25-48-36-9-4-3-7-34(36)37(50)24-39(48)53-26-31-6-5-8-35(42)40(31)43;1-27-6-15-36-34(22-27)37(50)23-39(53-26-31-4-3-5-35(42)40(31)43)49(36)25-38(51)48(33-16-18-47(19-17-33)20-21-52-2)24-28-7-9-29(10-8-28)30-11-13-32(14-12-30)41(44,45)46/h3-17,24,27,33H,18-23,25-26H2,1-2H3;3-15,22-23,33H,16-21,24-26H2,1-2H3/i2D3,18D2,19D2,20D2,21D2,22D2,23D2,27D,33D;2D3,3D,4D,5D,6D,7D,8D,9D,10D,11D,12D,13D,14D,15D,16D2,17D2,18D2,19D2,20D2,21D2,22D,23D,24D2,33D. The van der Waals surface area contributed by atoms with E-state index in [2.05, 4.69) is 9.47 Å². The first-order valence-electron chi connectivity index (χ1n) is 54.9. The summed E-state index contributed by atoms with van der Waals surface area (Å²) in [4.78, 5) is 55.4. The number of para-hydroxylation sites is 1. The number of pyridine rings is 2. The lowest BCUT2D eigenvalue weighted by molar-refractivity contribution is -0.138. The van der Waals surface area contributed by atoms with Crippen LogP contribution in [0.3, 0.4) is 0 Å². The second-order valence-electron chi connectivity index (χ2n) is 21.5. The number of likely N-dealkylation sites (tertiary alicyclic amines) is 2. The van der Waals surface area contributed by atoms with Gasteiger partial charge in [0, 0.05) is 145 Å². The fourth-order valence-corrected chi connectivity index (χ4v) is 11.7. The van der Waals surface area contributed by atoms with E-state index >= 15 is 14.0 Å². The number of halogens is 10. The molecule has 556 valence electrons. The first-order valence-corrected chi connectivity index (χ1v) is 31.9. The second kappa shape index (κ2) is 35.1. The van der Waals surface area contributed by atoms with Crippen molar-refractivity contribution in [2.45, 2.75) is 111 Å². The lowest BCUT2D eigenvalue weighted by atomic mass is 9.96. The number of amides is 2. The van der Waals surface area contributed by atoms with Crippen LogP contribution in [0.4, 0.5) is 43.9 Å². The molecule has 24 heteroatoms. The maximum atomic E-state index is 15.9. The second-order valence-corrected chi connectivity index (χ2v) is 23.5. The maximum Gasteiger partial charge on any atom is 0.416 e. The first kappa shape index (κ1) is 36.2. The van der Waals surface area contributed by atoms with Crippen molar-refractivity contribution in [3.63, 3.8) is 0 Å². The van der Waals surface area contributed by atoms with Crippen LogP contribution in [-0.4, -0.2) is 119 Å². The molecule has 0 bridgehead atoms. The molecule has 8 aromatic carbocycles. The third-order valence-electron chi connectivity index (χ3n) is 14.7. The van der Waals surface area contributed by atoms with E-state index in [-0.39, 0.29) is 53.8 Å². The van der Waals surface area contributed by atoms with Crippen molar-refractivity contribution >= 4 is 57.1 Å². The van der Waals surface area contributed by atoms with Gasteiger partial charge < -0.3 is 38.2 Å². The highest BCUT2D eigenvalue weighted by atomic mass is 32.2. The molecule has 2 fully saturated rings. The van der Waals surface area contributed by atoms with E-state index in [1.54, 1.807) is 0 Å². The first-order chi connectivity index (χ1) is 70.3. The minimum Gasteiger partial charge on any atom is -0.383 e. The lowest BCUT2D eigenvalue weighted by Gasteiger charge is -2.42. The minimum absolute atomic E-state index is 0.0707. The number of piperidine rings is 2. The van der Waals surface area contributed by atoms with E-state index < -0.39 is 365 Å². The smallest absolute Gasteiger partial charge is 0.383 e. The van der Waals surface area contributed by atoms with Gasteiger partial charge in [-0.1, -0.05) is 121 Å². The SMILES string of the molecule is [2H]C([2H])([2H])OC([2H])([2H])C([2H])([2H])N1C([2H])([2H])C([2H])([2H])C([2H])(N(C(=O)Cn2c(SCc3cccc(F)c3F)cc(=O)c3ccccc32)C([2H])(C)c2ccc(-c3ccc(C(F)(F)F)cc3)cc2)C([2H])([2H])C1([2H])[2H].[2H]c1c([2H])c(F)c(F)c(CSc2c([2H])c(=O)c3c([2H])c(C)c([2H])c([2H])c3n2CC(=O)N(C([2H])([2H])c2c([2H])c([2H])c(-c3c([2H])c([2H])c(C(F)(F)F)c([2H])c3[2H])c([2H])c2[2H])C2([2H])C([2H])([2H])C([2H])([2H])N(C([2H])([2H])C([2H])([2H])OC([2H])([2H])[2H])C([2H])([2H])C2([2H])[2H])c1[2H]. The average Bonchev–Trinajstić information content (AvgIpc) is 0.660. The Hall–Kier alpha value is -9.04. The third kappa shape index (κ3) is 19.2. The molecule has 2 aromatic heterocycles. The van der Waals surface area contributed by atoms with Gasteiger partial charge >= 0.3 is 12.4 Å². The highest BCUT2D eigenvalue weighted by Crippen LogP contribution is 2.37. The van der Waals surface area contributed by atoms with E-state index in [0.717, 1.165) is 66.9 Å². The van der Waals surface area contributed by atoms with E-state index in [0.29, 0.717) is 11.8 Å². The van der Waals surface area contributed by atoms with Gasteiger partial charge in [0.15, 0.2) is 34.1 Å². The number of nitrogens with zero attached hydrogens (tertiary/aromatic N) is 6. The number of alkyl halides is 6. The molecule has 12 rings (SSSR count).